The predicted octanol–water partition coefficient (Wildman–Crippen LogP) is 2.83. The minimum atomic E-state index is -0.848. The normalized spacial score (nSPS) is 11.4. The molecule has 31 heavy (non-hydrogen) atoms. The first-order valence-electron chi connectivity index (χ1n) is 10.2. The van der Waals surface area contributed by atoms with Gasteiger partial charge in [-0.05, 0) is 36.1 Å². The van der Waals surface area contributed by atoms with Gasteiger partial charge in [0.2, 0.25) is 11.8 Å². The van der Waals surface area contributed by atoms with Crippen molar-refractivity contribution in [3.8, 4) is 0 Å². The molecule has 3 amide bonds. The van der Waals surface area contributed by atoms with Crippen molar-refractivity contribution >= 4 is 17.9 Å². The number of halogens is 1. The quantitative estimate of drug-likeness (QED) is 0.451. The fourth-order valence-electron chi connectivity index (χ4n) is 2.90. The molecular weight excluding hydrogens is 401 g/mol. The van der Waals surface area contributed by atoms with E-state index in [0.29, 0.717) is 24.9 Å². The lowest BCUT2D eigenvalue weighted by molar-refractivity contribution is -0.127. The van der Waals surface area contributed by atoms with Gasteiger partial charge in [-0.2, -0.15) is 0 Å². The molecule has 166 valence electrons. The third-order valence-corrected chi connectivity index (χ3v) is 4.59. The third-order valence-electron chi connectivity index (χ3n) is 4.59. The Labute approximate surface area is 181 Å². The van der Waals surface area contributed by atoms with Gasteiger partial charge in [-0.1, -0.05) is 48.9 Å². The molecule has 0 saturated carbocycles. The fraction of sp³-hybridized carbons (Fsp3) is 0.348. The monoisotopic (exact) mass is 429 g/mol. The van der Waals surface area contributed by atoms with Crippen LogP contribution in [0.5, 0.6) is 0 Å². The van der Waals surface area contributed by atoms with Gasteiger partial charge in [0.25, 0.3) is 0 Å². The van der Waals surface area contributed by atoms with Crippen LogP contribution in [0.3, 0.4) is 0 Å². The van der Waals surface area contributed by atoms with Crippen molar-refractivity contribution in [2.75, 3.05) is 6.54 Å². The molecule has 2 rings (SSSR count). The van der Waals surface area contributed by atoms with Gasteiger partial charge in [0.05, 0.1) is 0 Å². The Morgan fingerprint density at radius 3 is 2.32 bits per heavy atom. The van der Waals surface area contributed by atoms with E-state index >= 15 is 0 Å². The van der Waals surface area contributed by atoms with Crippen molar-refractivity contribution in [1.29, 1.82) is 0 Å². The molecule has 0 heterocycles. The van der Waals surface area contributed by atoms with Gasteiger partial charge in [-0.3, -0.25) is 9.59 Å². The maximum Gasteiger partial charge on any atom is 0.407 e. The van der Waals surface area contributed by atoms with Gasteiger partial charge in [0.15, 0.2) is 0 Å². The second kappa shape index (κ2) is 13.0. The molecule has 0 saturated heterocycles. The summed E-state index contributed by atoms with van der Waals surface area (Å²) in [6.07, 6.45) is 2.00. The van der Waals surface area contributed by atoms with Crippen LogP contribution in [-0.4, -0.2) is 30.5 Å². The summed E-state index contributed by atoms with van der Waals surface area (Å²) in [4.78, 5) is 35.4. The van der Waals surface area contributed by atoms with E-state index in [1.165, 1.54) is 12.1 Å². The molecule has 0 aliphatic heterocycles. The zero-order valence-electron chi connectivity index (χ0n) is 17.3. The van der Waals surface area contributed by atoms with Gasteiger partial charge in [-0.25, -0.2) is 9.18 Å². The highest BCUT2D eigenvalue weighted by molar-refractivity contribution is 5.86. The molecule has 0 aliphatic rings. The number of ether oxygens (including phenoxy) is 1. The minimum absolute atomic E-state index is 0.205. The molecule has 0 spiro atoms. The van der Waals surface area contributed by atoms with Crippen LogP contribution >= 0.6 is 0 Å². The smallest absolute Gasteiger partial charge is 0.407 e. The van der Waals surface area contributed by atoms with Gasteiger partial charge >= 0.3 is 6.09 Å². The van der Waals surface area contributed by atoms with Crippen molar-refractivity contribution in [2.24, 2.45) is 5.73 Å². The van der Waals surface area contributed by atoms with E-state index in [0.717, 1.165) is 12.0 Å². The Balaban J connectivity index is 1.57. The molecule has 0 bridgehead atoms. The summed E-state index contributed by atoms with van der Waals surface area (Å²) in [7, 11) is 0. The summed E-state index contributed by atoms with van der Waals surface area (Å²) >= 11 is 0. The maximum atomic E-state index is 13.0. The standard InChI is InChI=1S/C23H28FN3O4/c24-19-12-10-17(11-13-19)15-20(22(25)29)27-21(28)9-5-2-6-14-26-23(30)31-16-18-7-3-1-4-8-18/h1,3-4,7-8,10-13,20H,2,5-6,9,14-16H2,(H2,25,29)(H,26,30)(H,27,28)/t20-/m0/s1. The summed E-state index contributed by atoms with van der Waals surface area (Å²) in [6.45, 7) is 0.662. The highest BCUT2D eigenvalue weighted by atomic mass is 19.1. The molecule has 7 nitrogen and oxygen atoms in total. The first kappa shape index (κ1) is 23.9. The average molecular weight is 429 g/mol. The first-order chi connectivity index (χ1) is 14.9. The number of benzene rings is 2. The van der Waals surface area contributed by atoms with Crippen molar-refractivity contribution in [2.45, 2.75) is 44.8 Å². The molecule has 0 aromatic heterocycles. The second-order valence-corrected chi connectivity index (χ2v) is 7.15. The number of nitrogens with two attached hydrogens (primary N) is 1. The SMILES string of the molecule is NC(=O)[C@H](Cc1ccc(F)cc1)NC(=O)CCCCCNC(=O)OCc1ccccc1. The van der Waals surface area contributed by atoms with Crippen LogP contribution in [-0.2, 0) is 27.4 Å². The number of hydrogen-bond donors (Lipinski definition) is 3. The zero-order chi connectivity index (χ0) is 22.5. The second-order valence-electron chi connectivity index (χ2n) is 7.15. The van der Waals surface area contributed by atoms with E-state index in [2.05, 4.69) is 10.6 Å². The van der Waals surface area contributed by atoms with Crippen LogP contribution in [0, 0.1) is 5.82 Å². The van der Waals surface area contributed by atoms with Crippen molar-refractivity contribution in [3.63, 3.8) is 0 Å². The van der Waals surface area contributed by atoms with Gasteiger partial charge in [-0.15, -0.1) is 0 Å². The highest BCUT2D eigenvalue weighted by Crippen LogP contribution is 2.07. The van der Waals surface area contributed by atoms with E-state index in [-0.39, 0.29) is 31.2 Å². The largest absolute Gasteiger partial charge is 0.445 e. The lowest BCUT2D eigenvalue weighted by Gasteiger charge is -2.15. The van der Waals surface area contributed by atoms with Crippen LogP contribution in [0.4, 0.5) is 9.18 Å². The summed E-state index contributed by atoms with van der Waals surface area (Å²) in [5, 5.41) is 5.29. The molecule has 0 radical (unpaired) electrons. The zero-order valence-corrected chi connectivity index (χ0v) is 17.3. The number of hydrogen-bond acceptors (Lipinski definition) is 4. The molecule has 0 aliphatic carbocycles. The van der Waals surface area contributed by atoms with E-state index in [4.69, 9.17) is 10.5 Å². The van der Waals surface area contributed by atoms with Gasteiger partial charge in [0.1, 0.15) is 18.5 Å². The molecule has 0 fully saturated rings. The van der Waals surface area contributed by atoms with E-state index in [1.54, 1.807) is 12.1 Å². The third kappa shape index (κ3) is 9.75. The summed E-state index contributed by atoms with van der Waals surface area (Å²) in [6, 6.07) is 14.2. The van der Waals surface area contributed by atoms with Crippen LogP contribution in [0.1, 0.15) is 36.8 Å². The summed E-state index contributed by atoms with van der Waals surface area (Å²) in [5.41, 5.74) is 6.99. The number of rotatable bonds is 12. The Morgan fingerprint density at radius 2 is 1.65 bits per heavy atom. The van der Waals surface area contributed by atoms with E-state index in [9.17, 15) is 18.8 Å². The Kier molecular flexibility index (Phi) is 10.0. The fourth-order valence-corrected chi connectivity index (χ4v) is 2.90. The number of unbranched alkanes of at least 4 members (excludes halogenated alkanes) is 2. The summed E-state index contributed by atoms with van der Waals surface area (Å²) in [5.74, 6) is -1.29. The molecule has 2 aromatic rings. The molecule has 4 N–H and O–H groups in total. The van der Waals surface area contributed by atoms with Crippen molar-refractivity contribution in [1.82, 2.24) is 10.6 Å². The van der Waals surface area contributed by atoms with Gasteiger partial charge < -0.3 is 21.1 Å². The molecule has 0 unspecified atom stereocenters. The number of alkyl carbamates (subject to hydrolysis) is 1. The average Bonchev–Trinajstić information content (AvgIpc) is 2.76. The Bertz CT molecular complexity index is 844. The van der Waals surface area contributed by atoms with Crippen LogP contribution in [0.2, 0.25) is 0 Å². The molecular formula is C23H28FN3O4. The van der Waals surface area contributed by atoms with Crippen LogP contribution < -0.4 is 16.4 Å². The highest BCUT2D eigenvalue weighted by Gasteiger charge is 2.18. The topological polar surface area (TPSA) is 111 Å². The van der Waals surface area contributed by atoms with Crippen molar-refractivity contribution < 1.29 is 23.5 Å². The van der Waals surface area contributed by atoms with Crippen molar-refractivity contribution in [3.05, 3.63) is 71.5 Å². The van der Waals surface area contributed by atoms with Crippen LogP contribution in [0.25, 0.3) is 0 Å². The van der Waals surface area contributed by atoms with Crippen LogP contribution in [0.15, 0.2) is 54.6 Å². The Hall–Kier alpha value is -3.42. The minimum Gasteiger partial charge on any atom is -0.445 e. The number of carbonyl (C=O) groups excluding carboxylic acids is 3. The number of nitrogens with one attached hydrogen (secondary N) is 2. The molecule has 1 atom stereocenters. The molecule has 8 heteroatoms. The number of primary amides is 1. The number of carbonyl (C=O) groups is 3. The van der Waals surface area contributed by atoms with E-state index in [1.807, 2.05) is 30.3 Å². The van der Waals surface area contributed by atoms with E-state index < -0.39 is 18.0 Å². The Morgan fingerprint density at radius 1 is 0.935 bits per heavy atom. The molecule has 2 aromatic carbocycles. The maximum absolute atomic E-state index is 13.0. The lowest BCUT2D eigenvalue weighted by atomic mass is 10.0. The number of amides is 3. The summed E-state index contributed by atoms with van der Waals surface area (Å²) < 4.78 is 18.1. The predicted molar refractivity (Wildman–Crippen MR) is 114 cm³/mol. The lowest BCUT2D eigenvalue weighted by Crippen LogP contribution is -2.45. The van der Waals surface area contributed by atoms with Gasteiger partial charge in [0, 0.05) is 19.4 Å². The first-order valence-corrected chi connectivity index (χ1v) is 10.2.